The molecule has 0 saturated carbocycles. The predicted octanol–water partition coefficient (Wildman–Crippen LogP) is 14.5. The van der Waals surface area contributed by atoms with Crippen LogP contribution in [0.2, 0.25) is 0 Å². The lowest BCUT2D eigenvalue weighted by Gasteiger charge is -2.15. The molecule has 0 aliphatic carbocycles. The summed E-state index contributed by atoms with van der Waals surface area (Å²) in [4.78, 5) is 10.6. The van der Waals surface area contributed by atoms with Crippen molar-refractivity contribution < 1.29 is 0 Å². The highest BCUT2D eigenvalue weighted by Crippen LogP contribution is 2.42. The van der Waals surface area contributed by atoms with Gasteiger partial charge in [0.2, 0.25) is 0 Å². The molecule has 0 fully saturated rings. The summed E-state index contributed by atoms with van der Waals surface area (Å²) < 4.78 is 2.58. The third-order valence-electron chi connectivity index (χ3n) is 10.3. The lowest BCUT2D eigenvalue weighted by atomic mass is 9.93. The molecule has 0 radical (unpaired) electrons. The molecule has 0 N–H and O–H groups in total. The summed E-state index contributed by atoms with van der Waals surface area (Å²) in [7, 11) is 0. The highest BCUT2D eigenvalue weighted by molar-refractivity contribution is 7.26. The van der Waals surface area contributed by atoms with E-state index in [1.165, 1.54) is 36.9 Å². The van der Waals surface area contributed by atoms with Gasteiger partial charge in [-0.05, 0) is 74.8 Å². The van der Waals surface area contributed by atoms with Gasteiger partial charge in [-0.25, -0.2) is 9.97 Å². The molecule has 0 unspecified atom stereocenters. The van der Waals surface area contributed by atoms with E-state index in [2.05, 4.69) is 200 Å². The van der Waals surface area contributed by atoms with E-state index in [4.69, 9.17) is 9.97 Å². The van der Waals surface area contributed by atoms with Crippen molar-refractivity contribution in [3.05, 3.63) is 206 Å². The van der Waals surface area contributed by atoms with Crippen molar-refractivity contribution in [2.45, 2.75) is 0 Å². The van der Waals surface area contributed by atoms with Crippen LogP contribution in [0.15, 0.2) is 206 Å². The molecule has 10 aromatic rings. The Balaban J connectivity index is 1.20. The van der Waals surface area contributed by atoms with Crippen molar-refractivity contribution in [3.8, 4) is 78.4 Å². The van der Waals surface area contributed by atoms with Crippen LogP contribution >= 0.6 is 11.3 Å². The van der Waals surface area contributed by atoms with Crippen molar-refractivity contribution in [1.82, 2.24) is 9.97 Å². The van der Waals surface area contributed by atoms with Gasteiger partial charge in [0.05, 0.1) is 11.4 Å². The Labute approximate surface area is 324 Å². The van der Waals surface area contributed by atoms with Crippen molar-refractivity contribution >= 4 is 31.5 Å². The highest BCUT2D eigenvalue weighted by Gasteiger charge is 2.17. The minimum absolute atomic E-state index is 0.696. The smallest absolute Gasteiger partial charge is 0.161 e. The van der Waals surface area contributed by atoms with E-state index >= 15 is 0 Å². The van der Waals surface area contributed by atoms with Gasteiger partial charge >= 0.3 is 0 Å². The first-order valence-electron chi connectivity index (χ1n) is 18.6. The van der Waals surface area contributed by atoms with Crippen LogP contribution in [0.4, 0.5) is 0 Å². The monoisotopic (exact) mass is 718 g/mol. The van der Waals surface area contributed by atoms with Crippen LogP contribution < -0.4 is 0 Å². The molecular weight excluding hydrogens is 685 g/mol. The third kappa shape index (κ3) is 6.31. The Morgan fingerprint density at radius 1 is 0.291 bits per heavy atom. The Hall–Kier alpha value is -6.94. The molecule has 3 heteroatoms. The molecule has 0 aliphatic rings. The van der Waals surface area contributed by atoms with Crippen molar-refractivity contribution in [2.24, 2.45) is 0 Å². The Kier molecular flexibility index (Phi) is 8.40. The lowest BCUT2D eigenvalue weighted by Crippen LogP contribution is -1.98. The number of nitrogens with zero attached hydrogens (tertiary/aromatic N) is 2. The molecule has 2 aromatic heterocycles. The fraction of sp³-hybridized carbons (Fsp3) is 0. The molecule has 2 heterocycles. The van der Waals surface area contributed by atoms with Crippen LogP contribution in [-0.4, -0.2) is 9.97 Å². The van der Waals surface area contributed by atoms with Crippen LogP contribution in [0.25, 0.3) is 98.6 Å². The maximum atomic E-state index is 5.40. The first-order valence-corrected chi connectivity index (χ1v) is 19.4. The lowest BCUT2D eigenvalue weighted by molar-refractivity contribution is 1.18. The molecule has 10 rings (SSSR count). The second-order valence-corrected chi connectivity index (χ2v) is 14.8. The van der Waals surface area contributed by atoms with Gasteiger partial charge in [0.15, 0.2) is 5.82 Å². The molecule has 0 spiro atoms. The second-order valence-electron chi connectivity index (χ2n) is 13.8. The van der Waals surface area contributed by atoms with Crippen LogP contribution in [-0.2, 0) is 0 Å². The molecule has 0 saturated heterocycles. The molecule has 0 bridgehead atoms. The molecule has 0 atom stereocenters. The second kappa shape index (κ2) is 14.1. The minimum Gasteiger partial charge on any atom is -0.228 e. The average Bonchev–Trinajstić information content (AvgIpc) is 3.66. The van der Waals surface area contributed by atoms with Gasteiger partial charge in [-0.3, -0.25) is 0 Å². The van der Waals surface area contributed by atoms with Gasteiger partial charge in [-0.15, -0.1) is 11.3 Å². The zero-order valence-electron chi connectivity index (χ0n) is 29.9. The predicted molar refractivity (Wildman–Crippen MR) is 233 cm³/mol. The summed E-state index contributed by atoms with van der Waals surface area (Å²) in [6, 6.07) is 73.3. The number of fused-ring (bicyclic) bond motifs is 3. The molecule has 258 valence electrons. The Morgan fingerprint density at radius 2 is 0.782 bits per heavy atom. The molecule has 55 heavy (non-hydrogen) atoms. The van der Waals surface area contributed by atoms with Gasteiger partial charge in [0.1, 0.15) is 0 Å². The van der Waals surface area contributed by atoms with Gasteiger partial charge in [-0.2, -0.15) is 0 Å². The van der Waals surface area contributed by atoms with Crippen LogP contribution in [0, 0.1) is 0 Å². The van der Waals surface area contributed by atoms with Crippen LogP contribution in [0.3, 0.4) is 0 Å². The Bertz CT molecular complexity index is 2950. The molecule has 2 nitrogen and oxygen atoms in total. The van der Waals surface area contributed by atoms with Crippen LogP contribution in [0.5, 0.6) is 0 Å². The van der Waals surface area contributed by atoms with Gasteiger partial charge in [0.25, 0.3) is 0 Å². The summed E-state index contributed by atoms with van der Waals surface area (Å²) in [5.41, 5.74) is 14.1. The Morgan fingerprint density at radius 3 is 1.51 bits per heavy atom. The number of thiophene rings is 1. The first kappa shape index (κ1) is 32.7. The number of aromatic nitrogens is 2. The van der Waals surface area contributed by atoms with E-state index in [0.29, 0.717) is 5.82 Å². The summed E-state index contributed by atoms with van der Waals surface area (Å²) in [6.45, 7) is 0. The van der Waals surface area contributed by atoms with Gasteiger partial charge in [-0.1, -0.05) is 176 Å². The summed E-state index contributed by atoms with van der Waals surface area (Å²) in [5.74, 6) is 0.696. The highest BCUT2D eigenvalue weighted by atomic mass is 32.1. The SMILES string of the molecule is c1ccc(-c2ccc(-c3cc(-c4cc(-c5ccccc5)nc(-c5ccccc5-c5ccccc5)n4)cc(-c4cccc5c4sc4ccccc45)c3)cc2)cc1. The standard InChI is InChI=1S/C52H34N2S/c1-4-15-35(16-5-1)36-27-29-37(30-28-36)40-31-41(44-24-14-25-46-45-22-12-13-26-50(45)55-51(44)46)33-42(32-40)49-34-48(39-19-8-3-9-20-39)53-52(54-49)47-23-11-10-21-43(47)38-17-6-2-7-18-38/h1-34H. The molecular formula is C52H34N2S. The largest absolute Gasteiger partial charge is 0.228 e. The summed E-state index contributed by atoms with van der Waals surface area (Å²) in [6.07, 6.45) is 0. The third-order valence-corrected chi connectivity index (χ3v) is 11.5. The van der Waals surface area contributed by atoms with E-state index in [9.17, 15) is 0 Å². The van der Waals surface area contributed by atoms with E-state index in [-0.39, 0.29) is 0 Å². The minimum atomic E-state index is 0.696. The zero-order chi connectivity index (χ0) is 36.6. The molecule has 8 aromatic carbocycles. The quantitative estimate of drug-likeness (QED) is 0.164. The summed E-state index contributed by atoms with van der Waals surface area (Å²) >= 11 is 1.86. The maximum Gasteiger partial charge on any atom is 0.161 e. The molecule has 0 aliphatic heterocycles. The fourth-order valence-electron chi connectivity index (χ4n) is 7.58. The number of hydrogen-bond acceptors (Lipinski definition) is 3. The normalized spacial score (nSPS) is 11.3. The van der Waals surface area contributed by atoms with E-state index in [0.717, 1.165) is 55.9 Å². The van der Waals surface area contributed by atoms with E-state index in [1.54, 1.807) is 0 Å². The topological polar surface area (TPSA) is 25.8 Å². The van der Waals surface area contributed by atoms with Crippen molar-refractivity contribution in [1.29, 1.82) is 0 Å². The number of hydrogen-bond donors (Lipinski definition) is 0. The molecule has 0 amide bonds. The maximum absolute atomic E-state index is 5.40. The van der Waals surface area contributed by atoms with Crippen molar-refractivity contribution in [3.63, 3.8) is 0 Å². The number of benzene rings is 8. The van der Waals surface area contributed by atoms with Gasteiger partial charge in [0, 0.05) is 36.9 Å². The number of rotatable bonds is 7. The summed E-state index contributed by atoms with van der Waals surface area (Å²) in [5, 5.41) is 2.58. The van der Waals surface area contributed by atoms with Gasteiger partial charge < -0.3 is 0 Å². The van der Waals surface area contributed by atoms with E-state index < -0.39 is 0 Å². The van der Waals surface area contributed by atoms with E-state index in [1.807, 2.05) is 17.4 Å². The first-order chi connectivity index (χ1) is 27.2. The fourth-order valence-corrected chi connectivity index (χ4v) is 8.82. The van der Waals surface area contributed by atoms with Crippen molar-refractivity contribution in [2.75, 3.05) is 0 Å². The zero-order valence-corrected chi connectivity index (χ0v) is 30.7. The average molecular weight is 719 g/mol. The van der Waals surface area contributed by atoms with Crippen LogP contribution in [0.1, 0.15) is 0 Å².